The number of carbonyl (C=O) groups excluding carboxylic acids is 1. The molecule has 0 fully saturated rings. The van der Waals surface area contributed by atoms with Crippen LogP contribution in [0.5, 0.6) is 0 Å². The number of H-pyrrole nitrogens is 1. The summed E-state index contributed by atoms with van der Waals surface area (Å²) in [4.78, 5) is 11.4. The molecular formula is C9H15N3O. The fourth-order valence-electron chi connectivity index (χ4n) is 0.995. The fourth-order valence-corrected chi connectivity index (χ4v) is 0.995. The zero-order valence-electron chi connectivity index (χ0n) is 8.22. The number of rotatable bonds is 3. The summed E-state index contributed by atoms with van der Waals surface area (Å²) in [6.07, 6.45) is 0.863. The Morgan fingerprint density at radius 2 is 2.38 bits per heavy atom. The summed E-state index contributed by atoms with van der Waals surface area (Å²) in [5.41, 5.74) is 1.44. The van der Waals surface area contributed by atoms with Gasteiger partial charge in [-0.3, -0.25) is 9.89 Å². The first-order valence-electron chi connectivity index (χ1n) is 4.48. The second-order valence-electron chi connectivity index (χ2n) is 3.26. The van der Waals surface area contributed by atoms with Gasteiger partial charge in [0.15, 0.2) is 0 Å². The normalized spacial score (nSPS) is 10.5. The van der Waals surface area contributed by atoms with Gasteiger partial charge in [-0.05, 0) is 26.3 Å². The Morgan fingerprint density at radius 3 is 2.85 bits per heavy atom. The molecule has 1 aromatic rings. The summed E-state index contributed by atoms with van der Waals surface area (Å²) in [5, 5.41) is 9.48. The number of aromatic nitrogens is 2. The van der Waals surface area contributed by atoms with Gasteiger partial charge < -0.3 is 5.32 Å². The molecule has 13 heavy (non-hydrogen) atoms. The Balaban J connectivity index is 2.66. The molecule has 4 heteroatoms. The summed E-state index contributed by atoms with van der Waals surface area (Å²) in [7, 11) is 0. The minimum Gasteiger partial charge on any atom is -0.348 e. The monoisotopic (exact) mass is 181 g/mol. The molecule has 72 valence electrons. The van der Waals surface area contributed by atoms with Gasteiger partial charge in [-0.2, -0.15) is 5.10 Å². The van der Waals surface area contributed by atoms with Crippen LogP contribution in [-0.2, 0) is 6.42 Å². The van der Waals surface area contributed by atoms with Gasteiger partial charge in [-0.25, -0.2) is 0 Å². The topological polar surface area (TPSA) is 57.8 Å². The number of nitrogens with zero attached hydrogens (tertiary/aromatic N) is 1. The van der Waals surface area contributed by atoms with Crippen LogP contribution in [0, 0.1) is 0 Å². The third kappa shape index (κ3) is 2.57. The Bertz CT molecular complexity index is 291. The molecule has 4 nitrogen and oxygen atoms in total. The molecule has 1 rings (SSSR count). The predicted octanol–water partition coefficient (Wildman–Crippen LogP) is 1.11. The van der Waals surface area contributed by atoms with Crippen LogP contribution >= 0.6 is 0 Å². The van der Waals surface area contributed by atoms with Gasteiger partial charge in [0.05, 0.1) is 0 Å². The molecular weight excluding hydrogens is 166 g/mol. The van der Waals surface area contributed by atoms with E-state index in [1.54, 1.807) is 6.07 Å². The van der Waals surface area contributed by atoms with Crippen molar-refractivity contribution in [1.82, 2.24) is 15.5 Å². The molecule has 0 aliphatic heterocycles. The molecule has 0 aromatic carbocycles. The van der Waals surface area contributed by atoms with E-state index < -0.39 is 0 Å². The van der Waals surface area contributed by atoms with Gasteiger partial charge in [-0.1, -0.05) is 6.92 Å². The molecule has 1 aromatic heterocycles. The molecule has 0 bridgehead atoms. The van der Waals surface area contributed by atoms with Crippen molar-refractivity contribution in [3.05, 3.63) is 17.5 Å². The van der Waals surface area contributed by atoms with Crippen molar-refractivity contribution >= 4 is 5.91 Å². The van der Waals surface area contributed by atoms with E-state index in [0.29, 0.717) is 5.69 Å². The van der Waals surface area contributed by atoms with E-state index in [1.807, 2.05) is 20.8 Å². The first-order chi connectivity index (χ1) is 6.13. The lowest BCUT2D eigenvalue weighted by atomic mass is 10.3. The zero-order valence-corrected chi connectivity index (χ0v) is 8.22. The van der Waals surface area contributed by atoms with Gasteiger partial charge >= 0.3 is 0 Å². The Kier molecular flexibility index (Phi) is 3.06. The molecule has 0 atom stereocenters. The summed E-state index contributed by atoms with van der Waals surface area (Å²) in [6, 6.07) is 1.92. The van der Waals surface area contributed by atoms with Crippen molar-refractivity contribution in [3.8, 4) is 0 Å². The highest BCUT2D eigenvalue weighted by Gasteiger charge is 2.09. The second kappa shape index (κ2) is 4.07. The summed E-state index contributed by atoms with van der Waals surface area (Å²) in [6.45, 7) is 5.86. The van der Waals surface area contributed by atoms with Crippen molar-refractivity contribution in [2.24, 2.45) is 0 Å². The first-order valence-corrected chi connectivity index (χ1v) is 4.48. The number of aryl methyl sites for hydroxylation is 1. The zero-order chi connectivity index (χ0) is 9.84. The van der Waals surface area contributed by atoms with Gasteiger partial charge in [0.1, 0.15) is 5.69 Å². The molecule has 0 spiro atoms. The van der Waals surface area contributed by atoms with Gasteiger partial charge in [0.2, 0.25) is 0 Å². The first kappa shape index (κ1) is 9.77. The van der Waals surface area contributed by atoms with Crippen LogP contribution in [0.1, 0.15) is 37.0 Å². The van der Waals surface area contributed by atoms with Crippen molar-refractivity contribution in [2.75, 3.05) is 0 Å². The van der Waals surface area contributed by atoms with Gasteiger partial charge in [0.25, 0.3) is 5.91 Å². The van der Waals surface area contributed by atoms with E-state index in [-0.39, 0.29) is 11.9 Å². The number of carbonyl (C=O) groups is 1. The highest BCUT2D eigenvalue weighted by Crippen LogP contribution is 2.00. The van der Waals surface area contributed by atoms with E-state index in [1.165, 1.54) is 0 Å². The van der Waals surface area contributed by atoms with Crippen LogP contribution in [0.2, 0.25) is 0 Å². The molecule has 1 heterocycles. The van der Waals surface area contributed by atoms with Crippen molar-refractivity contribution < 1.29 is 4.79 Å². The van der Waals surface area contributed by atoms with Crippen LogP contribution in [0.25, 0.3) is 0 Å². The van der Waals surface area contributed by atoms with E-state index >= 15 is 0 Å². The summed E-state index contributed by atoms with van der Waals surface area (Å²) < 4.78 is 0. The molecule has 0 aliphatic rings. The molecule has 2 N–H and O–H groups in total. The smallest absolute Gasteiger partial charge is 0.271 e. The van der Waals surface area contributed by atoms with E-state index in [4.69, 9.17) is 0 Å². The number of nitrogens with one attached hydrogen (secondary N) is 2. The molecule has 0 aliphatic carbocycles. The van der Waals surface area contributed by atoms with Gasteiger partial charge in [0, 0.05) is 11.7 Å². The molecule has 0 saturated carbocycles. The van der Waals surface area contributed by atoms with Crippen LogP contribution in [-0.4, -0.2) is 22.1 Å². The molecule has 0 saturated heterocycles. The lowest BCUT2D eigenvalue weighted by Crippen LogP contribution is -2.30. The van der Waals surface area contributed by atoms with E-state index in [0.717, 1.165) is 12.1 Å². The van der Waals surface area contributed by atoms with Crippen molar-refractivity contribution in [1.29, 1.82) is 0 Å². The number of amides is 1. The number of aromatic amines is 1. The quantitative estimate of drug-likeness (QED) is 0.733. The van der Waals surface area contributed by atoms with E-state index in [2.05, 4.69) is 15.5 Å². The van der Waals surface area contributed by atoms with E-state index in [9.17, 15) is 4.79 Å². The predicted molar refractivity (Wildman–Crippen MR) is 50.6 cm³/mol. The molecule has 0 unspecified atom stereocenters. The van der Waals surface area contributed by atoms with Gasteiger partial charge in [-0.15, -0.1) is 0 Å². The number of hydrogen-bond donors (Lipinski definition) is 2. The Hall–Kier alpha value is -1.32. The Labute approximate surface area is 77.7 Å². The van der Waals surface area contributed by atoms with Crippen LogP contribution in [0.4, 0.5) is 0 Å². The van der Waals surface area contributed by atoms with Crippen molar-refractivity contribution in [3.63, 3.8) is 0 Å². The minimum absolute atomic E-state index is 0.119. The summed E-state index contributed by atoms with van der Waals surface area (Å²) in [5.74, 6) is -0.119. The van der Waals surface area contributed by atoms with Crippen LogP contribution < -0.4 is 5.32 Å². The largest absolute Gasteiger partial charge is 0.348 e. The van der Waals surface area contributed by atoms with Crippen molar-refractivity contribution in [2.45, 2.75) is 33.2 Å². The third-order valence-electron chi connectivity index (χ3n) is 1.66. The lowest BCUT2D eigenvalue weighted by molar-refractivity contribution is 0.0938. The highest BCUT2D eigenvalue weighted by atomic mass is 16.2. The Morgan fingerprint density at radius 1 is 1.69 bits per heavy atom. The summed E-state index contributed by atoms with van der Waals surface area (Å²) >= 11 is 0. The molecule has 1 amide bonds. The fraction of sp³-hybridized carbons (Fsp3) is 0.556. The maximum Gasteiger partial charge on any atom is 0.271 e. The molecule has 0 radical (unpaired) electrons. The average Bonchev–Trinajstić information content (AvgIpc) is 2.50. The number of hydrogen-bond acceptors (Lipinski definition) is 2. The maximum atomic E-state index is 11.4. The van der Waals surface area contributed by atoms with Crippen LogP contribution in [0.15, 0.2) is 6.07 Å². The third-order valence-corrected chi connectivity index (χ3v) is 1.66. The maximum absolute atomic E-state index is 11.4. The van der Waals surface area contributed by atoms with Crippen LogP contribution in [0.3, 0.4) is 0 Å². The lowest BCUT2D eigenvalue weighted by Gasteiger charge is -2.04. The minimum atomic E-state index is -0.119. The SMILES string of the molecule is CCc1cc(C(=O)NC(C)C)n[nH]1. The standard InChI is InChI=1S/C9H15N3O/c1-4-7-5-8(12-11-7)9(13)10-6(2)3/h5-6H,4H2,1-3H3,(H,10,13)(H,11,12). The second-order valence-corrected chi connectivity index (χ2v) is 3.26. The highest BCUT2D eigenvalue weighted by molar-refractivity contribution is 5.92. The average molecular weight is 181 g/mol.